The van der Waals surface area contributed by atoms with E-state index in [9.17, 15) is 0 Å². The summed E-state index contributed by atoms with van der Waals surface area (Å²) < 4.78 is 13.8. The van der Waals surface area contributed by atoms with Crippen LogP contribution in [0.2, 0.25) is 0 Å². The van der Waals surface area contributed by atoms with Gasteiger partial charge in [-0.05, 0) is 111 Å². The zero-order chi connectivity index (χ0) is 27.6. The summed E-state index contributed by atoms with van der Waals surface area (Å²) in [5.41, 5.74) is 6.37. The molecule has 40 heavy (non-hydrogen) atoms. The Morgan fingerprint density at radius 3 is 2.05 bits per heavy atom. The molecule has 2 atom stereocenters. The number of pyridine rings is 1. The number of anilines is 1. The molecule has 0 spiro atoms. The van der Waals surface area contributed by atoms with Crippen molar-refractivity contribution >= 4 is 23.0 Å². The van der Waals surface area contributed by atoms with E-state index in [4.69, 9.17) is 26.7 Å². The van der Waals surface area contributed by atoms with Crippen molar-refractivity contribution in [3.05, 3.63) is 132 Å². The molecule has 1 aliphatic rings. The Hall–Kier alpha value is -4.62. The number of ether oxygens (including phenoxy) is 2. The highest BCUT2D eigenvalue weighted by atomic mass is 32.1. The van der Waals surface area contributed by atoms with Crippen LogP contribution in [0.3, 0.4) is 0 Å². The molecule has 3 aromatic carbocycles. The zero-order valence-electron chi connectivity index (χ0n) is 22.6. The second kappa shape index (κ2) is 10.9. The summed E-state index contributed by atoms with van der Waals surface area (Å²) in [4.78, 5) is 6.88. The monoisotopic (exact) mass is 546 g/mol. The molecule has 7 heteroatoms. The predicted octanol–water partition coefficient (Wildman–Crippen LogP) is 7.47. The summed E-state index contributed by atoms with van der Waals surface area (Å²) >= 11 is 5.96. The number of benzene rings is 3. The van der Waals surface area contributed by atoms with Gasteiger partial charge in [-0.1, -0.05) is 23.8 Å². The first-order valence-electron chi connectivity index (χ1n) is 13.2. The first-order chi connectivity index (χ1) is 19.5. The highest BCUT2D eigenvalue weighted by molar-refractivity contribution is 7.80. The first kappa shape index (κ1) is 25.6. The molecule has 6 nitrogen and oxygen atoms in total. The number of aromatic nitrogens is 2. The van der Waals surface area contributed by atoms with E-state index < -0.39 is 0 Å². The molecule has 2 aromatic heterocycles. The van der Waals surface area contributed by atoms with E-state index in [0.29, 0.717) is 5.11 Å². The lowest BCUT2D eigenvalue weighted by atomic mass is 10.0. The average Bonchev–Trinajstić information content (AvgIpc) is 3.54. The molecule has 0 aliphatic carbocycles. The van der Waals surface area contributed by atoms with Gasteiger partial charge < -0.3 is 24.3 Å². The lowest BCUT2D eigenvalue weighted by Gasteiger charge is -2.29. The average molecular weight is 547 g/mol. The van der Waals surface area contributed by atoms with Gasteiger partial charge in [0, 0.05) is 29.0 Å². The topological polar surface area (TPSA) is 51.5 Å². The van der Waals surface area contributed by atoms with Crippen LogP contribution in [0.25, 0.3) is 5.69 Å². The fraction of sp³-hybridized carbons (Fsp3) is 0.152. The number of nitrogens with one attached hydrogen (secondary N) is 1. The van der Waals surface area contributed by atoms with Crippen LogP contribution in [-0.2, 0) is 0 Å². The summed E-state index contributed by atoms with van der Waals surface area (Å²) in [7, 11) is 1.68. The van der Waals surface area contributed by atoms with Crippen molar-refractivity contribution < 1.29 is 9.47 Å². The van der Waals surface area contributed by atoms with Crippen molar-refractivity contribution in [3.63, 3.8) is 0 Å². The molecule has 200 valence electrons. The van der Waals surface area contributed by atoms with Crippen LogP contribution >= 0.6 is 12.2 Å². The second-order valence-electron chi connectivity index (χ2n) is 9.84. The Kier molecular flexibility index (Phi) is 6.97. The van der Waals surface area contributed by atoms with Crippen LogP contribution in [0.5, 0.6) is 17.2 Å². The molecule has 6 rings (SSSR count). The van der Waals surface area contributed by atoms with Crippen LogP contribution in [0, 0.1) is 13.8 Å². The molecular weight excluding hydrogens is 516 g/mol. The maximum atomic E-state index is 6.09. The fourth-order valence-corrected chi connectivity index (χ4v) is 5.57. The molecule has 0 saturated carbocycles. The van der Waals surface area contributed by atoms with Gasteiger partial charge in [-0.25, -0.2) is 0 Å². The number of hydrogen-bond acceptors (Lipinski definition) is 4. The van der Waals surface area contributed by atoms with Crippen molar-refractivity contribution in [2.45, 2.75) is 25.9 Å². The summed E-state index contributed by atoms with van der Waals surface area (Å²) in [5.74, 6) is 2.39. The number of methoxy groups -OCH3 is 1. The molecule has 1 saturated heterocycles. The van der Waals surface area contributed by atoms with Gasteiger partial charge in [-0.15, -0.1) is 0 Å². The van der Waals surface area contributed by atoms with Crippen molar-refractivity contribution in [2.75, 3.05) is 12.0 Å². The van der Waals surface area contributed by atoms with E-state index >= 15 is 0 Å². The van der Waals surface area contributed by atoms with Gasteiger partial charge >= 0.3 is 0 Å². The summed E-state index contributed by atoms with van der Waals surface area (Å²) in [5, 5.41) is 4.21. The number of rotatable bonds is 7. The maximum absolute atomic E-state index is 6.09. The Labute approximate surface area is 239 Å². The van der Waals surface area contributed by atoms with Gasteiger partial charge in [0.15, 0.2) is 5.11 Å². The normalized spacial score (nSPS) is 16.6. The van der Waals surface area contributed by atoms with Crippen LogP contribution in [0.4, 0.5) is 5.69 Å². The highest BCUT2D eigenvalue weighted by Crippen LogP contribution is 2.43. The van der Waals surface area contributed by atoms with E-state index in [-0.39, 0.29) is 12.1 Å². The van der Waals surface area contributed by atoms with Crippen molar-refractivity contribution in [2.24, 2.45) is 0 Å². The van der Waals surface area contributed by atoms with Gasteiger partial charge in [0.2, 0.25) is 0 Å². The van der Waals surface area contributed by atoms with E-state index in [1.54, 1.807) is 7.11 Å². The minimum absolute atomic E-state index is 0.150. The molecule has 5 aromatic rings. The Bertz CT molecular complexity index is 1610. The highest BCUT2D eigenvalue weighted by Gasteiger charge is 2.42. The van der Waals surface area contributed by atoms with Gasteiger partial charge in [-0.2, -0.15) is 0 Å². The maximum Gasteiger partial charge on any atom is 0.174 e. The lowest BCUT2D eigenvalue weighted by molar-refractivity contribution is 0.414. The van der Waals surface area contributed by atoms with Crippen LogP contribution in [-0.4, -0.2) is 21.8 Å². The minimum atomic E-state index is -0.151. The minimum Gasteiger partial charge on any atom is -0.497 e. The third kappa shape index (κ3) is 4.92. The molecule has 3 heterocycles. The van der Waals surface area contributed by atoms with Crippen molar-refractivity contribution in [3.8, 4) is 22.9 Å². The summed E-state index contributed by atoms with van der Waals surface area (Å²) in [6.45, 7) is 4.18. The Balaban J connectivity index is 1.40. The van der Waals surface area contributed by atoms with E-state index in [1.165, 1.54) is 5.56 Å². The largest absolute Gasteiger partial charge is 0.497 e. The standard InChI is InChI=1S/C33H30N4O2S/c1-22-7-14-27(15-8-22)39-28-18-12-25(13-19-28)37-32(31(35-33(37)40)29-6-4-5-21-34-29)30-20-9-23(2)36(30)24-10-16-26(38-3)17-11-24/h4-21,31-32H,1-3H3,(H,35,40)/t31-,32+/m0/s1. The molecule has 1 fully saturated rings. The quantitative estimate of drug-likeness (QED) is 0.214. The molecule has 0 amide bonds. The van der Waals surface area contributed by atoms with Gasteiger partial charge in [0.05, 0.1) is 18.8 Å². The number of thiocarbonyl (C=S) groups is 1. The molecule has 0 radical (unpaired) electrons. The third-order valence-electron chi connectivity index (χ3n) is 7.21. The summed E-state index contributed by atoms with van der Waals surface area (Å²) in [6.07, 6.45) is 1.82. The number of nitrogens with zero attached hydrogens (tertiary/aromatic N) is 3. The van der Waals surface area contributed by atoms with Gasteiger partial charge in [0.1, 0.15) is 23.3 Å². The SMILES string of the molecule is COc1ccc(-n2c(C)ccc2[C@@H]2[C@H](c3ccccn3)NC(=S)N2c2ccc(Oc3ccc(C)cc3)cc2)cc1. The smallest absolute Gasteiger partial charge is 0.174 e. The Morgan fingerprint density at radius 1 is 0.750 bits per heavy atom. The molecule has 1 N–H and O–H groups in total. The van der Waals surface area contributed by atoms with Crippen LogP contribution < -0.4 is 19.7 Å². The lowest BCUT2D eigenvalue weighted by Crippen LogP contribution is -2.30. The number of aryl methyl sites for hydroxylation is 2. The summed E-state index contributed by atoms with van der Waals surface area (Å²) in [6, 6.07) is 34.2. The van der Waals surface area contributed by atoms with Crippen LogP contribution in [0.1, 0.15) is 34.7 Å². The van der Waals surface area contributed by atoms with Gasteiger partial charge in [0.25, 0.3) is 0 Å². The van der Waals surface area contributed by atoms with Crippen LogP contribution in [0.15, 0.2) is 109 Å². The predicted molar refractivity (Wildman–Crippen MR) is 163 cm³/mol. The van der Waals surface area contributed by atoms with E-state index in [1.807, 2.05) is 72.9 Å². The molecular formula is C33H30N4O2S. The molecule has 1 aliphatic heterocycles. The zero-order valence-corrected chi connectivity index (χ0v) is 23.4. The van der Waals surface area contributed by atoms with E-state index in [0.717, 1.165) is 45.7 Å². The molecule has 0 unspecified atom stereocenters. The number of hydrogen-bond donors (Lipinski definition) is 1. The fourth-order valence-electron chi connectivity index (χ4n) is 5.22. The third-order valence-corrected chi connectivity index (χ3v) is 7.52. The second-order valence-corrected chi connectivity index (χ2v) is 10.2. The van der Waals surface area contributed by atoms with Crippen molar-refractivity contribution in [1.29, 1.82) is 0 Å². The van der Waals surface area contributed by atoms with Gasteiger partial charge in [-0.3, -0.25) is 4.98 Å². The molecule has 0 bridgehead atoms. The van der Waals surface area contributed by atoms with E-state index in [2.05, 4.69) is 65.0 Å². The Morgan fingerprint density at radius 2 is 1.40 bits per heavy atom. The van der Waals surface area contributed by atoms with Crippen molar-refractivity contribution in [1.82, 2.24) is 14.9 Å². The first-order valence-corrected chi connectivity index (χ1v) is 13.6.